The molecule has 0 bridgehead atoms. The van der Waals surface area contributed by atoms with Crippen molar-refractivity contribution < 1.29 is 8.78 Å². The Labute approximate surface area is 134 Å². The number of rotatable bonds is 3. The van der Waals surface area contributed by atoms with Crippen LogP contribution in [0.1, 0.15) is 10.6 Å². The lowest BCUT2D eigenvalue weighted by Crippen LogP contribution is -1.96. The molecule has 0 spiro atoms. The quantitative estimate of drug-likeness (QED) is 0.576. The molecule has 0 radical (unpaired) electrons. The Morgan fingerprint density at radius 3 is 2.65 bits per heavy atom. The molecule has 0 aliphatic rings. The molecule has 0 atom stereocenters. The molecule has 0 saturated carbocycles. The third-order valence-corrected chi connectivity index (χ3v) is 4.30. The first-order chi connectivity index (χ1) is 11.2. The van der Waals surface area contributed by atoms with Crippen LogP contribution in [0.25, 0.3) is 16.3 Å². The molecule has 4 rings (SSSR count). The average molecular weight is 328 g/mol. The first-order valence-corrected chi connectivity index (χ1v) is 7.73. The third kappa shape index (κ3) is 2.59. The maximum atomic E-state index is 13.9. The summed E-state index contributed by atoms with van der Waals surface area (Å²) in [5.41, 5.74) is 1.17. The number of halogens is 2. The van der Waals surface area contributed by atoms with E-state index in [9.17, 15) is 8.78 Å². The van der Waals surface area contributed by atoms with Gasteiger partial charge in [-0.15, -0.1) is 10.2 Å². The molecule has 0 saturated heterocycles. The summed E-state index contributed by atoms with van der Waals surface area (Å²) in [4.78, 5) is 0.551. The van der Waals surface area contributed by atoms with Crippen molar-refractivity contribution in [2.24, 2.45) is 0 Å². The molecule has 0 unspecified atom stereocenters. The van der Waals surface area contributed by atoms with Gasteiger partial charge in [-0.3, -0.25) is 0 Å². The predicted molar refractivity (Wildman–Crippen MR) is 83.3 cm³/mol. The summed E-state index contributed by atoms with van der Waals surface area (Å²) in [6.07, 6.45) is 0.653. The second-order valence-corrected chi connectivity index (χ2v) is 6.04. The summed E-state index contributed by atoms with van der Waals surface area (Å²) in [6.45, 7) is 0. The molecule has 2 aromatic carbocycles. The summed E-state index contributed by atoms with van der Waals surface area (Å²) in [7, 11) is 0. The van der Waals surface area contributed by atoms with Crippen molar-refractivity contribution >= 4 is 16.3 Å². The van der Waals surface area contributed by atoms with Gasteiger partial charge in [-0.25, -0.2) is 8.78 Å². The van der Waals surface area contributed by atoms with Gasteiger partial charge in [0, 0.05) is 6.42 Å². The van der Waals surface area contributed by atoms with Crippen molar-refractivity contribution in [3.05, 3.63) is 70.7 Å². The highest BCUT2D eigenvalue weighted by Gasteiger charge is 2.17. The van der Waals surface area contributed by atoms with Crippen LogP contribution in [-0.4, -0.2) is 19.8 Å². The summed E-state index contributed by atoms with van der Waals surface area (Å²) < 4.78 is 28.8. The van der Waals surface area contributed by atoms with Gasteiger partial charge in [-0.1, -0.05) is 41.7 Å². The molecule has 0 aliphatic carbocycles. The van der Waals surface area contributed by atoms with E-state index in [1.54, 1.807) is 0 Å². The SMILES string of the molecule is Fc1ccc(F)c(-c2nnc3sc(Cc4ccccc4)nn23)c1. The lowest BCUT2D eigenvalue weighted by Gasteiger charge is -1.99. The van der Waals surface area contributed by atoms with Crippen LogP contribution < -0.4 is 0 Å². The summed E-state index contributed by atoms with van der Waals surface area (Å²) in [5.74, 6) is -0.885. The number of hydrogen-bond donors (Lipinski definition) is 0. The largest absolute Gasteiger partial charge is 0.234 e. The van der Waals surface area contributed by atoms with Gasteiger partial charge in [0.05, 0.1) is 5.56 Å². The number of aromatic nitrogens is 4. The Balaban J connectivity index is 1.76. The van der Waals surface area contributed by atoms with Gasteiger partial charge in [0.15, 0.2) is 5.82 Å². The van der Waals surface area contributed by atoms with E-state index in [4.69, 9.17) is 0 Å². The van der Waals surface area contributed by atoms with E-state index in [1.165, 1.54) is 15.9 Å². The van der Waals surface area contributed by atoms with Crippen LogP contribution in [0.15, 0.2) is 48.5 Å². The van der Waals surface area contributed by atoms with Crippen molar-refractivity contribution in [1.82, 2.24) is 19.8 Å². The van der Waals surface area contributed by atoms with Crippen LogP contribution in [0.2, 0.25) is 0 Å². The van der Waals surface area contributed by atoms with E-state index in [0.717, 1.165) is 28.8 Å². The lowest BCUT2D eigenvalue weighted by atomic mass is 10.2. The third-order valence-electron chi connectivity index (χ3n) is 3.40. The number of benzene rings is 2. The lowest BCUT2D eigenvalue weighted by molar-refractivity contribution is 0.601. The maximum absolute atomic E-state index is 13.9. The highest BCUT2D eigenvalue weighted by Crippen LogP contribution is 2.25. The Morgan fingerprint density at radius 1 is 1.00 bits per heavy atom. The minimum atomic E-state index is -0.557. The zero-order valence-corrected chi connectivity index (χ0v) is 12.6. The van der Waals surface area contributed by atoms with Gasteiger partial charge in [-0.05, 0) is 23.8 Å². The molecule has 0 amide bonds. The second kappa shape index (κ2) is 5.51. The molecular formula is C16H10F2N4S. The van der Waals surface area contributed by atoms with Crippen LogP contribution in [0.3, 0.4) is 0 Å². The fourth-order valence-corrected chi connectivity index (χ4v) is 3.20. The van der Waals surface area contributed by atoms with E-state index in [2.05, 4.69) is 15.3 Å². The van der Waals surface area contributed by atoms with E-state index in [0.29, 0.717) is 11.4 Å². The molecule has 114 valence electrons. The number of hydrogen-bond acceptors (Lipinski definition) is 4. The van der Waals surface area contributed by atoms with Crippen LogP contribution in [0.4, 0.5) is 8.78 Å². The fourth-order valence-electron chi connectivity index (χ4n) is 2.34. The molecule has 2 aromatic heterocycles. The van der Waals surface area contributed by atoms with E-state index < -0.39 is 11.6 Å². The molecule has 0 N–H and O–H groups in total. The van der Waals surface area contributed by atoms with Crippen LogP contribution in [0.5, 0.6) is 0 Å². The zero-order valence-electron chi connectivity index (χ0n) is 11.8. The minimum Gasteiger partial charge on any atom is -0.207 e. The summed E-state index contributed by atoms with van der Waals surface area (Å²) in [5, 5.41) is 13.2. The van der Waals surface area contributed by atoms with Crippen molar-refractivity contribution in [3.8, 4) is 11.4 Å². The number of fused-ring (bicyclic) bond motifs is 1. The second-order valence-electron chi connectivity index (χ2n) is 5.00. The first-order valence-electron chi connectivity index (χ1n) is 6.91. The molecule has 23 heavy (non-hydrogen) atoms. The van der Waals surface area contributed by atoms with E-state index in [-0.39, 0.29) is 11.4 Å². The van der Waals surface area contributed by atoms with Crippen molar-refractivity contribution in [3.63, 3.8) is 0 Å². The molecular weight excluding hydrogens is 318 g/mol. The normalized spacial score (nSPS) is 11.2. The van der Waals surface area contributed by atoms with Gasteiger partial charge >= 0.3 is 0 Å². The van der Waals surface area contributed by atoms with Crippen molar-refractivity contribution in [2.45, 2.75) is 6.42 Å². The van der Waals surface area contributed by atoms with Crippen molar-refractivity contribution in [2.75, 3.05) is 0 Å². The van der Waals surface area contributed by atoms with Crippen LogP contribution >= 0.6 is 11.3 Å². The smallest absolute Gasteiger partial charge is 0.207 e. The average Bonchev–Trinajstić information content (AvgIpc) is 3.11. The minimum absolute atomic E-state index is 0.0501. The Kier molecular flexibility index (Phi) is 3.34. The molecule has 7 heteroatoms. The van der Waals surface area contributed by atoms with Gasteiger partial charge in [0.25, 0.3) is 0 Å². The van der Waals surface area contributed by atoms with Crippen LogP contribution in [0, 0.1) is 11.6 Å². The monoisotopic (exact) mass is 328 g/mol. The van der Waals surface area contributed by atoms with Crippen LogP contribution in [-0.2, 0) is 6.42 Å². The Morgan fingerprint density at radius 2 is 1.83 bits per heavy atom. The summed E-state index contributed by atoms with van der Waals surface area (Å²) >= 11 is 1.38. The van der Waals surface area contributed by atoms with Gasteiger partial charge < -0.3 is 0 Å². The van der Waals surface area contributed by atoms with E-state index >= 15 is 0 Å². The highest BCUT2D eigenvalue weighted by molar-refractivity contribution is 7.16. The zero-order chi connectivity index (χ0) is 15.8. The standard InChI is InChI=1S/C16H10F2N4S/c17-11-6-7-13(18)12(9-11)15-19-20-16-22(15)21-14(23-16)8-10-4-2-1-3-5-10/h1-7,9H,8H2. The van der Waals surface area contributed by atoms with Gasteiger partial charge in [-0.2, -0.15) is 9.61 Å². The number of nitrogens with zero attached hydrogens (tertiary/aromatic N) is 4. The molecule has 0 aliphatic heterocycles. The predicted octanol–water partition coefficient (Wildman–Crippen LogP) is 3.72. The maximum Gasteiger partial charge on any atom is 0.234 e. The fraction of sp³-hybridized carbons (Fsp3) is 0.0625. The molecule has 2 heterocycles. The topological polar surface area (TPSA) is 43.1 Å². The van der Waals surface area contributed by atoms with E-state index in [1.807, 2.05) is 30.3 Å². The van der Waals surface area contributed by atoms with Crippen molar-refractivity contribution in [1.29, 1.82) is 0 Å². The first kappa shape index (κ1) is 14.0. The molecule has 4 nitrogen and oxygen atoms in total. The summed E-state index contributed by atoms with van der Waals surface area (Å²) in [6, 6.07) is 13.1. The highest BCUT2D eigenvalue weighted by atomic mass is 32.1. The Hall–Kier alpha value is -2.67. The molecule has 4 aromatic rings. The molecule has 0 fully saturated rings. The van der Waals surface area contributed by atoms with Gasteiger partial charge in [0.1, 0.15) is 16.6 Å². The Bertz CT molecular complexity index is 978. The van der Waals surface area contributed by atoms with Gasteiger partial charge in [0.2, 0.25) is 4.96 Å².